The minimum absolute atomic E-state index is 0.0750. The number of nitro groups is 1. The first kappa shape index (κ1) is 23.3. The molecule has 0 aliphatic heterocycles. The highest BCUT2D eigenvalue weighted by atomic mass is 16.6. The second kappa shape index (κ2) is 11.3. The predicted molar refractivity (Wildman–Crippen MR) is 123 cm³/mol. The van der Waals surface area contributed by atoms with Crippen LogP contribution in [0, 0.1) is 17.0 Å². The van der Waals surface area contributed by atoms with Gasteiger partial charge in [0.15, 0.2) is 0 Å². The van der Waals surface area contributed by atoms with Crippen molar-refractivity contribution >= 4 is 23.4 Å². The molecular formula is C24H23N3O6. The lowest BCUT2D eigenvalue weighted by molar-refractivity contribution is -0.384. The van der Waals surface area contributed by atoms with Crippen molar-refractivity contribution in [3.05, 3.63) is 94.0 Å². The Bertz CT molecular complexity index is 1130. The van der Waals surface area contributed by atoms with Crippen LogP contribution in [0.2, 0.25) is 0 Å². The third-order valence-electron chi connectivity index (χ3n) is 4.60. The van der Waals surface area contributed by atoms with Crippen LogP contribution in [0.15, 0.2) is 72.8 Å². The molecule has 0 atom stereocenters. The van der Waals surface area contributed by atoms with Gasteiger partial charge in [-0.05, 0) is 49.2 Å². The van der Waals surface area contributed by atoms with E-state index in [2.05, 4.69) is 10.6 Å². The lowest BCUT2D eigenvalue weighted by Gasteiger charge is -2.13. The smallest absolute Gasteiger partial charge is 0.412 e. The van der Waals surface area contributed by atoms with E-state index in [1.807, 2.05) is 6.07 Å². The van der Waals surface area contributed by atoms with Crippen LogP contribution in [0.25, 0.3) is 0 Å². The number of hydrogen-bond acceptors (Lipinski definition) is 6. The molecule has 3 aromatic carbocycles. The number of non-ortho nitro benzene ring substituents is 1. The molecule has 0 heterocycles. The minimum Gasteiger partial charge on any atom is -0.491 e. The summed E-state index contributed by atoms with van der Waals surface area (Å²) in [5.74, 6) is 0.528. The van der Waals surface area contributed by atoms with Gasteiger partial charge in [-0.1, -0.05) is 30.3 Å². The predicted octanol–water partition coefficient (Wildman–Crippen LogP) is 4.71. The van der Waals surface area contributed by atoms with Crippen LogP contribution in [0.5, 0.6) is 11.5 Å². The maximum absolute atomic E-state index is 12.7. The van der Waals surface area contributed by atoms with E-state index in [-0.39, 0.29) is 5.69 Å². The van der Waals surface area contributed by atoms with Crippen LogP contribution in [0.4, 0.5) is 16.2 Å². The number of para-hydroxylation sites is 3. The molecule has 170 valence electrons. The van der Waals surface area contributed by atoms with Gasteiger partial charge in [0.1, 0.15) is 11.5 Å². The third kappa shape index (κ3) is 6.79. The van der Waals surface area contributed by atoms with Gasteiger partial charge in [0.2, 0.25) is 0 Å². The van der Waals surface area contributed by atoms with Crippen molar-refractivity contribution in [2.45, 2.75) is 13.3 Å². The van der Waals surface area contributed by atoms with Crippen molar-refractivity contribution < 1.29 is 24.0 Å². The van der Waals surface area contributed by atoms with E-state index in [9.17, 15) is 19.7 Å². The molecule has 0 bridgehead atoms. The lowest BCUT2D eigenvalue weighted by Crippen LogP contribution is -2.28. The maximum Gasteiger partial charge on any atom is 0.412 e. The fourth-order valence-corrected chi connectivity index (χ4v) is 2.98. The van der Waals surface area contributed by atoms with Gasteiger partial charge in [0, 0.05) is 24.2 Å². The van der Waals surface area contributed by atoms with E-state index >= 15 is 0 Å². The zero-order chi connectivity index (χ0) is 23.6. The Morgan fingerprint density at radius 1 is 1.00 bits per heavy atom. The summed E-state index contributed by atoms with van der Waals surface area (Å²) < 4.78 is 10.9. The normalized spacial score (nSPS) is 10.2. The van der Waals surface area contributed by atoms with Gasteiger partial charge in [-0.2, -0.15) is 0 Å². The van der Waals surface area contributed by atoms with Crippen molar-refractivity contribution in [1.82, 2.24) is 5.32 Å². The molecule has 0 saturated carbocycles. The highest BCUT2D eigenvalue weighted by Crippen LogP contribution is 2.25. The fraction of sp³-hybridized carbons (Fsp3) is 0.167. The summed E-state index contributed by atoms with van der Waals surface area (Å²) in [6, 6.07) is 19.8. The number of nitrogens with zero attached hydrogens (tertiary/aromatic N) is 1. The summed E-state index contributed by atoms with van der Waals surface area (Å²) in [6.07, 6.45) is -0.0273. The van der Waals surface area contributed by atoms with Crippen LogP contribution in [-0.2, 0) is 0 Å². The Kier molecular flexibility index (Phi) is 7.96. The molecule has 0 fully saturated rings. The van der Waals surface area contributed by atoms with Crippen LogP contribution in [0.1, 0.15) is 22.3 Å². The monoisotopic (exact) mass is 449 g/mol. The van der Waals surface area contributed by atoms with E-state index in [1.165, 1.54) is 18.2 Å². The van der Waals surface area contributed by atoms with Gasteiger partial charge in [0.25, 0.3) is 11.6 Å². The zero-order valence-corrected chi connectivity index (χ0v) is 17.9. The molecule has 2 amide bonds. The van der Waals surface area contributed by atoms with Crippen molar-refractivity contribution in [1.29, 1.82) is 0 Å². The molecule has 2 N–H and O–H groups in total. The van der Waals surface area contributed by atoms with E-state index < -0.39 is 16.9 Å². The van der Waals surface area contributed by atoms with Gasteiger partial charge in [-0.25, -0.2) is 4.79 Å². The number of rotatable bonds is 9. The molecule has 9 heteroatoms. The summed E-state index contributed by atoms with van der Waals surface area (Å²) in [7, 11) is 0. The summed E-state index contributed by atoms with van der Waals surface area (Å²) in [4.78, 5) is 34.8. The average Bonchev–Trinajstić information content (AvgIpc) is 2.80. The number of aryl methyl sites for hydroxylation is 1. The van der Waals surface area contributed by atoms with Gasteiger partial charge < -0.3 is 20.1 Å². The number of hydrogen-bond donors (Lipinski definition) is 2. The van der Waals surface area contributed by atoms with Crippen LogP contribution in [0.3, 0.4) is 0 Å². The molecule has 33 heavy (non-hydrogen) atoms. The van der Waals surface area contributed by atoms with Gasteiger partial charge in [0.05, 0.1) is 17.2 Å². The Labute approximate surface area is 190 Å². The van der Waals surface area contributed by atoms with E-state index in [1.54, 1.807) is 55.5 Å². The molecule has 3 aromatic rings. The number of benzene rings is 3. The Balaban J connectivity index is 1.49. The molecule has 0 aliphatic carbocycles. The Morgan fingerprint density at radius 3 is 2.45 bits per heavy atom. The minimum atomic E-state index is -0.549. The quantitative estimate of drug-likeness (QED) is 0.277. The SMILES string of the molecule is Cc1cc([N+](=O)[O-])ccc1C(=O)Nc1ccccc1OCCCNC(=O)Oc1ccccc1. The van der Waals surface area contributed by atoms with E-state index in [4.69, 9.17) is 9.47 Å². The van der Waals surface area contributed by atoms with Crippen LogP contribution < -0.4 is 20.1 Å². The summed E-state index contributed by atoms with van der Waals surface area (Å²) >= 11 is 0. The second-order valence-corrected chi connectivity index (χ2v) is 7.04. The standard InChI is InChI=1S/C24H23N3O6/c1-17-16-18(27(30)31)12-13-20(17)23(28)26-21-10-5-6-11-22(21)32-15-7-14-25-24(29)33-19-8-3-2-4-9-19/h2-6,8-13,16H,7,14-15H2,1H3,(H,25,29)(H,26,28). The topological polar surface area (TPSA) is 120 Å². The molecule has 0 aromatic heterocycles. The second-order valence-electron chi connectivity index (χ2n) is 7.04. The molecule has 0 spiro atoms. The van der Waals surface area contributed by atoms with Crippen molar-refractivity contribution in [2.24, 2.45) is 0 Å². The molecule has 9 nitrogen and oxygen atoms in total. The Morgan fingerprint density at radius 2 is 1.73 bits per heavy atom. The molecule has 0 saturated heterocycles. The van der Waals surface area contributed by atoms with Crippen molar-refractivity contribution in [2.75, 3.05) is 18.5 Å². The fourth-order valence-electron chi connectivity index (χ4n) is 2.98. The number of nitro benzene ring substituents is 1. The molecule has 3 rings (SSSR count). The number of carbonyl (C=O) groups is 2. The molecule has 0 unspecified atom stereocenters. The number of amides is 2. The lowest BCUT2D eigenvalue weighted by atomic mass is 10.1. The number of carbonyl (C=O) groups excluding carboxylic acids is 2. The van der Waals surface area contributed by atoms with E-state index in [0.29, 0.717) is 47.9 Å². The summed E-state index contributed by atoms with van der Waals surface area (Å²) in [5.41, 5.74) is 1.22. The number of anilines is 1. The van der Waals surface area contributed by atoms with Crippen LogP contribution in [-0.4, -0.2) is 30.1 Å². The van der Waals surface area contributed by atoms with Gasteiger partial charge >= 0.3 is 6.09 Å². The number of ether oxygens (including phenoxy) is 2. The van der Waals surface area contributed by atoms with Crippen molar-refractivity contribution in [3.63, 3.8) is 0 Å². The maximum atomic E-state index is 12.7. The number of nitrogens with one attached hydrogen (secondary N) is 2. The van der Waals surface area contributed by atoms with Crippen molar-refractivity contribution in [3.8, 4) is 11.5 Å². The largest absolute Gasteiger partial charge is 0.491 e. The zero-order valence-electron chi connectivity index (χ0n) is 17.9. The van der Waals surface area contributed by atoms with Gasteiger partial charge in [-0.3, -0.25) is 14.9 Å². The average molecular weight is 449 g/mol. The first-order chi connectivity index (χ1) is 15.9. The molecule has 0 radical (unpaired) electrons. The first-order valence-corrected chi connectivity index (χ1v) is 10.2. The highest BCUT2D eigenvalue weighted by molar-refractivity contribution is 6.06. The molecule has 0 aliphatic rings. The van der Waals surface area contributed by atoms with Crippen LogP contribution >= 0.6 is 0 Å². The summed E-state index contributed by atoms with van der Waals surface area (Å²) in [5, 5.41) is 16.3. The van der Waals surface area contributed by atoms with Gasteiger partial charge in [-0.15, -0.1) is 0 Å². The first-order valence-electron chi connectivity index (χ1n) is 10.2. The third-order valence-corrected chi connectivity index (χ3v) is 4.60. The highest BCUT2D eigenvalue weighted by Gasteiger charge is 2.15. The molecular weight excluding hydrogens is 426 g/mol. The summed E-state index contributed by atoms with van der Waals surface area (Å²) in [6.45, 7) is 2.29. The van der Waals surface area contributed by atoms with E-state index in [0.717, 1.165) is 0 Å². The Hall–Kier alpha value is -4.40.